The van der Waals surface area contributed by atoms with Gasteiger partial charge in [-0.3, -0.25) is 0 Å². The fraction of sp³-hybridized carbons (Fsp3) is 0.263. The highest BCUT2D eigenvalue weighted by molar-refractivity contribution is 5.57. The molecule has 0 unspecified atom stereocenters. The minimum absolute atomic E-state index is 0.769. The highest BCUT2D eigenvalue weighted by atomic mass is 15.3. The first-order valence-electron chi connectivity index (χ1n) is 8.55. The number of nitrogens with zero attached hydrogens (tertiary/aromatic N) is 6. The second-order valence-corrected chi connectivity index (χ2v) is 5.98. The van der Waals surface area contributed by atoms with Crippen LogP contribution in [0.3, 0.4) is 0 Å². The molecule has 1 aliphatic heterocycles. The molecule has 0 amide bonds. The van der Waals surface area contributed by atoms with Crippen molar-refractivity contribution in [3.05, 3.63) is 61.1 Å². The van der Waals surface area contributed by atoms with Gasteiger partial charge in [0.15, 0.2) is 5.82 Å². The number of aromatic nitrogens is 4. The molecule has 126 valence electrons. The van der Waals surface area contributed by atoms with Gasteiger partial charge in [-0.25, -0.2) is 19.9 Å². The van der Waals surface area contributed by atoms with E-state index in [1.54, 1.807) is 12.4 Å². The lowest BCUT2D eigenvalue weighted by atomic mass is 10.2. The lowest BCUT2D eigenvalue weighted by molar-refractivity contribution is 0.781. The van der Waals surface area contributed by atoms with Gasteiger partial charge in [-0.2, -0.15) is 0 Å². The Balaban J connectivity index is 1.51. The summed E-state index contributed by atoms with van der Waals surface area (Å²) in [5.74, 6) is 2.55. The summed E-state index contributed by atoms with van der Waals surface area (Å²) in [5, 5.41) is 0. The molecule has 4 rings (SSSR count). The Kier molecular flexibility index (Phi) is 4.50. The number of benzene rings is 1. The van der Waals surface area contributed by atoms with Crippen molar-refractivity contribution in [2.24, 2.45) is 0 Å². The molecule has 6 nitrogen and oxygen atoms in total. The van der Waals surface area contributed by atoms with E-state index in [0.717, 1.165) is 55.8 Å². The van der Waals surface area contributed by atoms with Crippen molar-refractivity contribution < 1.29 is 0 Å². The third kappa shape index (κ3) is 3.57. The standard InChI is InChI=1S/C19H20N6/c1-2-6-16(7-3-1)18-20-11-8-17(23-18)24-12-5-13-25(15-14-24)19-21-9-4-10-22-19/h1-4,6-11H,5,12-15H2. The second-order valence-electron chi connectivity index (χ2n) is 5.98. The van der Waals surface area contributed by atoms with Gasteiger partial charge in [-0.15, -0.1) is 0 Å². The number of hydrogen-bond donors (Lipinski definition) is 0. The van der Waals surface area contributed by atoms with Gasteiger partial charge in [0, 0.05) is 50.3 Å². The highest BCUT2D eigenvalue weighted by Crippen LogP contribution is 2.20. The zero-order valence-electron chi connectivity index (χ0n) is 14.0. The first-order valence-corrected chi connectivity index (χ1v) is 8.55. The topological polar surface area (TPSA) is 58.0 Å². The van der Waals surface area contributed by atoms with Crippen LogP contribution in [0.4, 0.5) is 11.8 Å². The lowest BCUT2D eigenvalue weighted by Crippen LogP contribution is -2.32. The molecule has 1 saturated heterocycles. The minimum Gasteiger partial charge on any atom is -0.355 e. The fourth-order valence-electron chi connectivity index (χ4n) is 3.05. The maximum Gasteiger partial charge on any atom is 0.225 e. The van der Waals surface area contributed by atoms with Crippen molar-refractivity contribution in [2.75, 3.05) is 36.0 Å². The molecule has 3 aromatic rings. The highest BCUT2D eigenvalue weighted by Gasteiger charge is 2.18. The Morgan fingerprint density at radius 3 is 2.28 bits per heavy atom. The zero-order valence-corrected chi connectivity index (χ0v) is 14.0. The van der Waals surface area contributed by atoms with Gasteiger partial charge < -0.3 is 9.80 Å². The molecule has 0 bridgehead atoms. The molecule has 0 saturated carbocycles. The SMILES string of the molecule is c1ccc(-c2nccc(N3CCCN(c4ncccn4)CC3)n2)cc1. The van der Waals surface area contributed by atoms with Crippen LogP contribution in [0.1, 0.15) is 6.42 Å². The Bertz CT molecular complexity index is 808. The monoisotopic (exact) mass is 332 g/mol. The van der Waals surface area contributed by atoms with E-state index < -0.39 is 0 Å². The van der Waals surface area contributed by atoms with E-state index in [0.29, 0.717) is 0 Å². The summed E-state index contributed by atoms with van der Waals surface area (Å²) >= 11 is 0. The fourth-order valence-corrected chi connectivity index (χ4v) is 3.05. The first-order chi connectivity index (χ1) is 12.4. The summed E-state index contributed by atoms with van der Waals surface area (Å²) < 4.78 is 0. The van der Waals surface area contributed by atoms with E-state index in [1.807, 2.05) is 48.7 Å². The predicted octanol–water partition coefficient (Wildman–Crippen LogP) is 2.65. The van der Waals surface area contributed by atoms with Crippen LogP contribution in [-0.2, 0) is 0 Å². The molecular formula is C19H20N6. The van der Waals surface area contributed by atoms with Crippen LogP contribution in [0.25, 0.3) is 11.4 Å². The van der Waals surface area contributed by atoms with Crippen molar-refractivity contribution in [1.82, 2.24) is 19.9 Å². The maximum atomic E-state index is 4.77. The third-order valence-corrected chi connectivity index (χ3v) is 4.33. The number of rotatable bonds is 3. The first kappa shape index (κ1) is 15.5. The van der Waals surface area contributed by atoms with Gasteiger partial charge in [-0.05, 0) is 18.6 Å². The van der Waals surface area contributed by atoms with E-state index in [1.165, 1.54) is 0 Å². The van der Waals surface area contributed by atoms with Crippen molar-refractivity contribution >= 4 is 11.8 Å². The summed E-state index contributed by atoms with van der Waals surface area (Å²) in [6.45, 7) is 3.70. The second kappa shape index (κ2) is 7.25. The molecule has 1 aliphatic rings. The van der Waals surface area contributed by atoms with Gasteiger partial charge in [0.05, 0.1) is 0 Å². The summed E-state index contributed by atoms with van der Waals surface area (Å²) in [6.07, 6.45) is 6.47. The number of hydrogen-bond acceptors (Lipinski definition) is 6. The average Bonchev–Trinajstić information content (AvgIpc) is 2.96. The Hall–Kier alpha value is -3.02. The van der Waals surface area contributed by atoms with E-state index in [4.69, 9.17) is 4.98 Å². The van der Waals surface area contributed by atoms with Gasteiger partial charge in [0.2, 0.25) is 5.95 Å². The van der Waals surface area contributed by atoms with Gasteiger partial charge >= 0.3 is 0 Å². The largest absolute Gasteiger partial charge is 0.355 e. The van der Waals surface area contributed by atoms with Crippen LogP contribution in [-0.4, -0.2) is 46.1 Å². The quantitative estimate of drug-likeness (QED) is 0.735. The van der Waals surface area contributed by atoms with Crippen molar-refractivity contribution in [2.45, 2.75) is 6.42 Å². The van der Waals surface area contributed by atoms with E-state index in [-0.39, 0.29) is 0 Å². The smallest absolute Gasteiger partial charge is 0.225 e. The lowest BCUT2D eigenvalue weighted by Gasteiger charge is -2.23. The van der Waals surface area contributed by atoms with Crippen LogP contribution in [0.5, 0.6) is 0 Å². The number of anilines is 2. The molecule has 1 fully saturated rings. The molecule has 0 radical (unpaired) electrons. The molecular weight excluding hydrogens is 312 g/mol. The predicted molar refractivity (Wildman–Crippen MR) is 98.5 cm³/mol. The van der Waals surface area contributed by atoms with Crippen molar-refractivity contribution in [3.63, 3.8) is 0 Å². The van der Waals surface area contributed by atoms with Gasteiger partial charge in [0.25, 0.3) is 0 Å². The van der Waals surface area contributed by atoms with E-state index in [9.17, 15) is 0 Å². The van der Waals surface area contributed by atoms with Crippen LogP contribution < -0.4 is 9.80 Å². The molecule has 25 heavy (non-hydrogen) atoms. The Labute approximate surface area is 147 Å². The maximum absolute atomic E-state index is 4.77. The van der Waals surface area contributed by atoms with E-state index >= 15 is 0 Å². The van der Waals surface area contributed by atoms with Crippen molar-refractivity contribution in [3.8, 4) is 11.4 Å². The minimum atomic E-state index is 0.769. The van der Waals surface area contributed by atoms with Crippen LogP contribution in [0, 0.1) is 0 Å². The molecule has 0 spiro atoms. The van der Waals surface area contributed by atoms with Crippen LogP contribution >= 0.6 is 0 Å². The van der Waals surface area contributed by atoms with Crippen LogP contribution in [0.2, 0.25) is 0 Å². The molecule has 0 aliphatic carbocycles. The summed E-state index contributed by atoms with van der Waals surface area (Å²) in [7, 11) is 0. The molecule has 1 aromatic carbocycles. The van der Waals surface area contributed by atoms with Crippen LogP contribution in [0.15, 0.2) is 61.1 Å². The third-order valence-electron chi connectivity index (χ3n) is 4.33. The van der Waals surface area contributed by atoms with E-state index in [2.05, 4.69) is 24.8 Å². The average molecular weight is 332 g/mol. The molecule has 6 heteroatoms. The molecule has 2 aromatic heterocycles. The summed E-state index contributed by atoms with van der Waals surface area (Å²) in [6, 6.07) is 13.9. The molecule has 0 N–H and O–H groups in total. The summed E-state index contributed by atoms with van der Waals surface area (Å²) in [4.78, 5) is 22.5. The Morgan fingerprint density at radius 1 is 0.680 bits per heavy atom. The van der Waals surface area contributed by atoms with Gasteiger partial charge in [-0.1, -0.05) is 30.3 Å². The Morgan fingerprint density at radius 2 is 1.44 bits per heavy atom. The molecule has 0 atom stereocenters. The van der Waals surface area contributed by atoms with Gasteiger partial charge in [0.1, 0.15) is 5.82 Å². The zero-order chi connectivity index (χ0) is 16.9. The van der Waals surface area contributed by atoms with Crippen molar-refractivity contribution in [1.29, 1.82) is 0 Å². The molecule has 3 heterocycles. The summed E-state index contributed by atoms with van der Waals surface area (Å²) in [5.41, 5.74) is 1.04. The normalized spacial score (nSPS) is 15.0.